The van der Waals surface area contributed by atoms with Crippen molar-refractivity contribution in [2.45, 2.75) is 19.4 Å². The van der Waals surface area contributed by atoms with Gasteiger partial charge in [-0.05, 0) is 47.9 Å². The Morgan fingerprint density at radius 2 is 1.74 bits per heavy atom. The molecule has 0 heterocycles. The Morgan fingerprint density at radius 1 is 1.11 bits per heavy atom. The topological polar surface area (TPSA) is 20.2 Å². The molecule has 0 saturated carbocycles. The molecule has 0 aromatic heterocycles. The van der Waals surface area contributed by atoms with Gasteiger partial charge in [0.05, 0.1) is 6.10 Å². The highest BCUT2D eigenvalue weighted by Crippen LogP contribution is 2.27. The maximum Gasteiger partial charge on any atom is 0.124 e. The predicted octanol–water partition coefficient (Wildman–Crippen LogP) is 4.31. The van der Waals surface area contributed by atoms with E-state index in [1.165, 1.54) is 24.3 Å². The summed E-state index contributed by atoms with van der Waals surface area (Å²) in [6.45, 7) is 1.80. The summed E-state index contributed by atoms with van der Waals surface area (Å²) in [6.07, 6.45) is -0.407. The van der Waals surface area contributed by atoms with E-state index < -0.39 is 6.10 Å². The highest BCUT2D eigenvalue weighted by atomic mass is 79.9. The molecule has 100 valence electrons. The van der Waals surface area contributed by atoms with Crippen molar-refractivity contribution in [3.05, 3.63) is 69.2 Å². The van der Waals surface area contributed by atoms with Crippen LogP contribution >= 0.6 is 15.9 Å². The lowest BCUT2D eigenvalue weighted by molar-refractivity contribution is 0.177. The molecule has 4 heteroatoms. The summed E-state index contributed by atoms with van der Waals surface area (Å²) in [5, 5.41) is 10.2. The Bertz CT molecular complexity index is 599. The van der Waals surface area contributed by atoms with Crippen molar-refractivity contribution in [1.29, 1.82) is 0 Å². The fraction of sp³-hybridized carbons (Fsp3) is 0.200. The van der Waals surface area contributed by atoms with Gasteiger partial charge in [-0.2, -0.15) is 0 Å². The lowest BCUT2D eigenvalue weighted by Gasteiger charge is -2.14. The molecule has 0 bridgehead atoms. The first-order valence-electron chi connectivity index (χ1n) is 5.85. The van der Waals surface area contributed by atoms with Gasteiger partial charge in [0, 0.05) is 10.9 Å². The maximum atomic E-state index is 13.0. The van der Waals surface area contributed by atoms with Crippen LogP contribution in [-0.2, 0) is 6.42 Å². The molecule has 1 nitrogen and oxygen atoms in total. The summed E-state index contributed by atoms with van der Waals surface area (Å²) >= 11 is 3.23. The first-order valence-corrected chi connectivity index (χ1v) is 6.64. The highest BCUT2D eigenvalue weighted by molar-refractivity contribution is 9.10. The van der Waals surface area contributed by atoms with Crippen LogP contribution in [0.25, 0.3) is 0 Å². The summed E-state index contributed by atoms with van der Waals surface area (Å²) in [4.78, 5) is 0. The van der Waals surface area contributed by atoms with E-state index in [1.807, 2.05) is 0 Å². The van der Waals surface area contributed by atoms with Crippen molar-refractivity contribution >= 4 is 15.9 Å². The predicted molar refractivity (Wildman–Crippen MR) is 73.9 cm³/mol. The van der Waals surface area contributed by atoms with Gasteiger partial charge in [-0.25, -0.2) is 8.78 Å². The van der Waals surface area contributed by atoms with Crippen LogP contribution in [0.15, 0.2) is 40.9 Å². The largest absolute Gasteiger partial charge is 0.388 e. The monoisotopic (exact) mass is 326 g/mol. The lowest BCUT2D eigenvalue weighted by Crippen LogP contribution is -2.04. The van der Waals surface area contributed by atoms with Gasteiger partial charge < -0.3 is 5.11 Å². The van der Waals surface area contributed by atoms with Crippen LogP contribution < -0.4 is 0 Å². The summed E-state index contributed by atoms with van der Waals surface area (Å²) in [5.41, 5.74) is 2.27. The molecule has 0 spiro atoms. The molecule has 1 N–H and O–H groups in total. The Morgan fingerprint density at radius 3 is 2.37 bits per heavy atom. The van der Waals surface area contributed by atoms with Gasteiger partial charge in [-0.3, -0.25) is 0 Å². The molecule has 2 rings (SSSR count). The summed E-state index contributed by atoms with van der Waals surface area (Å²) < 4.78 is 26.5. The maximum absolute atomic E-state index is 13.0. The van der Waals surface area contributed by atoms with Gasteiger partial charge in [-0.15, -0.1) is 0 Å². The number of benzene rings is 2. The van der Waals surface area contributed by atoms with E-state index in [4.69, 9.17) is 0 Å². The number of hydrogen-bond donors (Lipinski definition) is 1. The fourth-order valence-electron chi connectivity index (χ4n) is 1.98. The second-order valence-electron chi connectivity index (χ2n) is 4.46. The third kappa shape index (κ3) is 3.39. The standard InChI is InChI=1S/C15H13BrF2O/c1-9-6-11(17)3-2-10(9)7-15(19)13-5-4-12(18)8-14(13)16/h2-6,8,15,19H,7H2,1H3. The molecular weight excluding hydrogens is 314 g/mol. The van der Waals surface area contributed by atoms with Gasteiger partial charge >= 0.3 is 0 Å². The third-order valence-electron chi connectivity index (χ3n) is 3.04. The van der Waals surface area contributed by atoms with E-state index in [0.717, 1.165) is 11.1 Å². The van der Waals surface area contributed by atoms with Crippen LogP contribution in [0.2, 0.25) is 0 Å². The number of rotatable bonds is 3. The van der Waals surface area contributed by atoms with Crippen LogP contribution in [0.1, 0.15) is 22.8 Å². The molecule has 19 heavy (non-hydrogen) atoms. The van der Waals surface area contributed by atoms with Gasteiger partial charge in [0.1, 0.15) is 11.6 Å². The van der Waals surface area contributed by atoms with Gasteiger partial charge in [0.2, 0.25) is 0 Å². The number of hydrogen-bond acceptors (Lipinski definition) is 1. The minimum absolute atomic E-state index is 0.293. The average molecular weight is 327 g/mol. The van der Waals surface area contributed by atoms with Crippen molar-refractivity contribution < 1.29 is 13.9 Å². The number of aryl methyl sites for hydroxylation is 1. The zero-order chi connectivity index (χ0) is 14.0. The normalized spacial score (nSPS) is 12.5. The zero-order valence-corrected chi connectivity index (χ0v) is 11.9. The Balaban J connectivity index is 2.23. The second-order valence-corrected chi connectivity index (χ2v) is 5.31. The van der Waals surface area contributed by atoms with Crippen molar-refractivity contribution in [3.63, 3.8) is 0 Å². The number of aliphatic hydroxyl groups excluding tert-OH is 1. The van der Waals surface area contributed by atoms with Crippen LogP contribution in [0.5, 0.6) is 0 Å². The van der Waals surface area contributed by atoms with Crippen molar-refractivity contribution in [2.24, 2.45) is 0 Å². The molecule has 0 radical (unpaired) electrons. The number of aliphatic hydroxyl groups is 1. The van der Waals surface area contributed by atoms with Gasteiger partial charge in [0.15, 0.2) is 0 Å². The van der Waals surface area contributed by atoms with E-state index in [2.05, 4.69) is 15.9 Å². The SMILES string of the molecule is Cc1cc(F)ccc1CC(O)c1ccc(F)cc1Br. The van der Waals surface area contributed by atoms with Crippen molar-refractivity contribution in [3.8, 4) is 0 Å². The third-order valence-corrected chi connectivity index (χ3v) is 3.73. The lowest BCUT2D eigenvalue weighted by atomic mass is 9.98. The fourth-order valence-corrected chi connectivity index (χ4v) is 2.59. The quantitative estimate of drug-likeness (QED) is 0.891. The molecule has 2 aromatic rings. The molecule has 0 aliphatic rings. The first-order chi connectivity index (χ1) is 8.97. The average Bonchev–Trinajstić information content (AvgIpc) is 2.32. The van der Waals surface area contributed by atoms with E-state index in [-0.39, 0.29) is 11.6 Å². The molecule has 0 fully saturated rings. The van der Waals surface area contributed by atoms with Gasteiger partial charge in [0.25, 0.3) is 0 Å². The van der Waals surface area contributed by atoms with Crippen LogP contribution in [0.4, 0.5) is 8.78 Å². The molecule has 1 atom stereocenters. The molecule has 0 aliphatic heterocycles. The minimum Gasteiger partial charge on any atom is -0.388 e. The highest BCUT2D eigenvalue weighted by Gasteiger charge is 2.14. The Hall–Kier alpha value is -1.26. The van der Waals surface area contributed by atoms with Crippen molar-refractivity contribution in [1.82, 2.24) is 0 Å². The molecule has 0 aliphatic carbocycles. The van der Waals surface area contributed by atoms with E-state index >= 15 is 0 Å². The summed E-state index contributed by atoms with van der Waals surface area (Å²) in [5.74, 6) is -0.653. The van der Waals surface area contributed by atoms with Crippen LogP contribution in [0.3, 0.4) is 0 Å². The van der Waals surface area contributed by atoms with E-state index in [1.54, 1.807) is 19.1 Å². The molecule has 0 saturated heterocycles. The molecule has 0 amide bonds. The van der Waals surface area contributed by atoms with Crippen molar-refractivity contribution in [2.75, 3.05) is 0 Å². The number of halogens is 3. The smallest absolute Gasteiger partial charge is 0.124 e. The molecule has 1 unspecified atom stereocenters. The zero-order valence-electron chi connectivity index (χ0n) is 10.3. The van der Waals surface area contributed by atoms with Crippen LogP contribution in [-0.4, -0.2) is 5.11 Å². The first kappa shape index (κ1) is 14.2. The molecule has 2 aromatic carbocycles. The van der Waals surface area contributed by atoms with Gasteiger partial charge in [-0.1, -0.05) is 28.1 Å². The van der Waals surface area contributed by atoms with Crippen LogP contribution in [0, 0.1) is 18.6 Å². The van der Waals surface area contributed by atoms with E-state index in [0.29, 0.717) is 16.5 Å². The molecular formula is C15H13BrF2O. The summed E-state index contributed by atoms with van der Waals surface area (Å²) in [7, 11) is 0. The minimum atomic E-state index is -0.765. The Kier molecular flexibility index (Phi) is 4.32. The summed E-state index contributed by atoms with van der Waals surface area (Å²) in [6, 6.07) is 8.63. The van der Waals surface area contributed by atoms with E-state index in [9.17, 15) is 13.9 Å². The second kappa shape index (κ2) is 5.80. The Labute approximate surface area is 119 Å².